The molecule has 0 N–H and O–H groups in total. The standard InChI is InChI=1S/C23H29F3N4O4S/c1-16-3-4-20(11-16)34-22-21(28-6-8-29(9-7-28)35(32,33)10-2-5-24)15-27-30(23(22)31)19-13-17(25)12-18(26)14-19/h12-16,20H,2-11H2,1H3. The zero-order chi connectivity index (χ0) is 25.2. The highest BCUT2D eigenvalue weighted by molar-refractivity contribution is 7.89. The van der Waals surface area contributed by atoms with Gasteiger partial charge in [0.1, 0.15) is 17.3 Å². The van der Waals surface area contributed by atoms with E-state index in [4.69, 9.17) is 4.74 Å². The number of piperazine rings is 1. The minimum absolute atomic E-state index is 0.0255. The minimum atomic E-state index is -3.56. The maximum Gasteiger partial charge on any atom is 0.316 e. The van der Waals surface area contributed by atoms with Crippen molar-refractivity contribution in [3.63, 3.8) is 0 Å². The summed E-state index contributed by atoms with van der Waals surface area (Å²) >= 11 is 0. The Morgan fingerprint density at radius 1 is 1.09 bits per heavy atom. The van der Waals surface area contributed by atoms with Gasteiger partial charge in [-0.3, -0.25) is 9.18 Å². The molecule has 192 valence electrons. The number of sulfonamides is 1. The minimum Gasteiger partial charge on any atom is -0.483 e. The summed E-state index contributed by atoms with van der Waals surface area (Å²) in [7, 11) is -3.56. The fraction of sp³-hybridized carbons (Fsp3) is 0.565. The quantitative estimate of drug-likeness (QED) is 0.539. The smallest absolute Gasteiger partial charge is 0.316 e. The molecule has 2 aliphatic rings. The van der Waals surface area contributed by atoms with Crippen LogP contribution in [0.25, 0.3) is 5.69 Å². The lowest BCUT2D eigenvalue weighted by molar-refractivity contribution is 0.201. The molecule has 0 radical (unpaired) electrons. The predicted octanol–water partition coefficient (Wildman–Crippen LogP) is 2.89. The largest absolute Gasteiger partial charge is 0.483 e. The van der Waals surface area contributed by atoms with Crippen LogP contribution in [0, 0.1) is 17.6 Å². The third-order valence-electron chi connectivity index (χ3n) is 6.45. The molecule has 1 aliphatic heterocycles. The first-order valence-corrected chi connectivity index (χ1v) is 13.3. The molecule has 0 bridgehead atoms. The molecule has 0 spiro atoms. The van der Waals surface area contributed by atoms with Crippen LogP contribution < -0.4 is 15.2 Å². The van der Waals surface area contributed by atoms with Crippen LogP contribution in [-0.2, 0) is 10.0 Å². The molecule has 4 rings (SSSR count). The highest BCUT2D eigenvalue weighted by Gasteiger charge is 2.31. The lowest BCUT2D eigenvalue weighted by Gasteiger charge is -2.36. The highest BCUT2D eigenvalue weighted by atomic mass is 32.2. The fourth-order valence-electron chi connectivity index (χ4n) is 4.61. The molecule has 2 aromatic rings. The summed E-state index contributed by atoms with van der Waals surface area (Å²) in [6, 6.07) is 2.74. The van der Waals surface area contributed by atoms with Gasteiger partial charge in [-0.2, -0.15) is 14.1 Å². The van der Waals surface area contributed by atoms with E-state index in [1.807, 2.05) is 4.90 Å². The molecule has 35 heavy (non-hydrogen) atoms. The fourth-order valence-corrected chi connectivity index (χ4v) is 6.06. The molecule has 1 saturated carbocycles. The van der Waals surface area contributed by atoms with E-state index in [9.17, 15) is 26.4 Å². The first-order valence-electron chi connectivity index (χ1n) is 11.7. The summed E-state index contributed by atoms with van der Waals surface area (Å²) in [5.41, 5.74) is -0.305. The summed E-state index contributed by atoms with van der Waals surface area (Å²) < 4.78 is 73.3. The summed E-state index contributed by atoms with van der Waals surface area (Å²) in [5, 5.41) is 4.14. The molecular formula is C23H29F3N4O4S. The number of ether oxygens (including phenoxy) is 1. The summed E-state index contributed by atoms with van der Waals surface area (Å²) in [6.45, 7) is 2.32. The second-order valence-corrected chi connectivity index (χ2v) is 11.2. The van der Waals surface area contributed by atoms with Crippen molar-refractivity contribution >= 4 is 15.7 Å². The number of benzene rings is 1. The van der Waals surface area contributed by atoms with E-state index >= 15 is 0 Å². The number of nitrogens with zero attached hydrogens (tertiary/aromatic N) is 4. The van der Waals surface area contributed by atoms with Gasteiger partial charge in [-0.1, -0.05) is 6.92 Å². The van der Waals surface area contributed by atoms with Crippen molar-refractivity contribution in [2.24, 2.45) is 5.92 Å². The molecule has 1 aromatic heterocycles. The van der Waals surface area contributed by atoms with E-state index in [0.717, 1.165) is 36.1 Å². The molecule has 1 saturated heterocycles. The van der Waals surface area contributed by atoms with E-state index in [1.54, 1.807) is 0 Å². The summed E-state index contributed by atoms with van der Waals surface area (Å²) in [5.74, 6) is -1.45. The monoisotopic (exact) mass is 514 g/mol. The van der Waals surface area contributed by atoms with Crippen LogP contribution in [0.5, 0.6) is 5.75 Å². The third kappa shape index (κ3) is 5.80. The lowest BCUT2D eigenvalue weighted by atomic mass is 10.1. The average molecular weight is 515 g/mol. The SMILES string of the molecule is CC1CCC(Oc2c(N3CCN(S(=O)(=O)CCCF)CC3)cnn(-c3cc(F)cc(F)c3)c2=O)C1. The van der Waals surface area contributed by atoms with Crippen LogP contribution in [0.1, 0.15) is 32.6 Å². The number of halogens is 3. The van der Waals surface area contributed by atoms with Crippen LogP contribution in [0.3, 0.4) is 0 Å². The summed E-state index contributed by atoms with van der Waals surface area (Å²) in [4.78, 5) is 15.2. The Morgan fingerprint density at radius 2 is 1.77 bits per heavy atom. The Hall–Kier alpha value is -2.60. The van der Waals surface area contributed by atoms with Gasteiger partial charge in [0.2, 0.25) is 15.8 Å². The molecule has 0 amide bonds. The van der Waals surface area contributed by atoms with E-state index in [-0.39, 0.29) is 55.9 Å². The lowest BCUT2D eigenvalue weighted by Crippen LogP contribution is -2.49. The summed E-state index contributed by atoms with van der Waals surface area (Å²) in [6.07, 6.45) is 3.69. The molecule has 1 aliphatic carbocycles. The van der Waals surface area contributed by atoms with Crippen molar-refractivity contribution < 1.29 is 26.3 Å². The van der Waals surface area contributed by atoms with Gasteiger partial charge >= 0.3 is 5.56 Å². The number of hydrogen-bond donors (Lipinski definition) is 0. The average Bonchev–Trinajstić information content (AvgIpc) is 3.23. The molecule has 8 nitrogen and oxygen atoms in total. The first kappa shape index (κ1) is 25.5. The van der Waals surface area contributed by atoms with E-state index < -0.39 is 33.9 Å². The van der Waals surface area contributed by atoms with E-state index in [1.165, 1.54) is 10.5 Å². The molecule has 2 atom stereocenters. The van der Waals surface area contributed by atoms with E-state index in [2.05, 4.69) is 12.0 Å². The predicted molar refractivity (Wildman–Crippen MR) is 125 cm³/mol. The molecule has 2 heterocycles. The van der Waals surface area contributed by atoms with Gasteiger partial charge in [0.15, 0.2) is 0 Å². The number of alkyl halides is 1. The Morgan fingerprint density at radius 3 is 2.37 bits per heavy atom. The van der Waals surface area contributed by atoms with Crippen LogP contribution in [0.4, 0.5) is 18.9 Å². The molecule has 12 heteroatoms. The van der Waals surface area contributed by atoms with Crippen molar-refractivity contribution in [1.29, 1.82) is 0 Å². The Bertz CT molecular complexity index is 1200. The molecular weight excluding hydrogens is 485 g/mol. The normalized spacial score (nSPS) is 21.4. The van der Waals surface area contributed by atoms with Gasteiger partial charge < -0.3 is 9.64 Å². The zero-order valence-corrected chi connectivity index (χ0v) is 20.3. The first-order chi connectivity index (χ1) is 16.7. The second kappa shape index (κ2) is 10.6. The highest BCUT2D eigenvalue weighted by Crippen LogP contribution is 2.32. The van der Waals surface area contributed by atoms with Crippen molar-refractivity contribution in [3.8, 4) is 11.4 Å². The van der Waals surface area contributed by atoms with Gasteiger partial charge in [-0.15, -0.1) is 0 Å². The number of aromatic nitrogens is 2. The number of rotatable bonds is 8. The van der Waals surface area contributed by atoms with Crippen molar-refractivity contribution in [3.05, 3.63) is 46.4 Å². The van der Waals surface area contributed by atoms with Crippen LogP contribution in [-0.4, -0.2) is 67.2 Å². The van der Waals surface area contributed by atoms with Gasteiger partial charge in [0.25, 0.3) is 0 Å². The van der Waals surface area contributed by atoms with Crippen molar-refractivity contribution in [2.75, 3.05) is 43.5 Å². The van der Waals surface area contributed by atoms with Crippen molar-refractivity contribution in [2.45, 2.75) is 38.7 Å². The Labute approximate surface area is 202 Å². The number of anilines is 1. The van der Waals surface area contributed by atoms with E-state index in [0.29, 0.717) is 17.7 Å². The molecule has 2 unspecified atom stereocenters. The van der Waals surface area contributed by atoms with Gasteiger partial charge in [-0.05, 0) is 43.7 Å². The maximum absolute atomic E-state index is 13.8. The van der Waals surface area contributed by atoms with Crippen LogP contribution in [0.15, 0.2) is 29.2 Å². The number of hydrogen-bond acceptors (Lipinski definition) is 6. The van der Waals surface area contributed by atoms with Crippen LogP contribution >= 0.6 is 0 Å². The second-order valence-electron chi connectivity index (χ2n) is 9.11. The maximum atomic E-state index is 13.8. The van der Waals surface area contributed by atoms with Crippen LogP contribution in [0.2, 0.25) is 0 Å². The molecule has 1 aromatic carbocycles. The topological polar surface area (TPSA) is 84.7 Å². The van der Waals surface area contributed by atoms with Gasteiger partial charge in [0.05, 0.1) is 30.4 Å². The Kier molecular flexibility index (Phi) is 7.70. The van der Waals surface area contributed by atoms with Gasteiger partial charge in [-0.25, -0.2) is 17.2 Å². The van der Waals surface area contributed by atoms with Crippen molar-refractivity contribution in [1.82, 2.24) is 14.1 Å². The zero-order valence-electron chi connectivity index (χ0n) is 19.5. The van der Waals surface area contributed by atoms with Gasteiger partial charge in [0, 0.05) is 32.2 Å². The Balaban J connectivity index is 1.64. The third-order valence-corrected chi connectivity index (χ3v) is 8.40. The molecule has 2 fully saturated rings.